The van der Waals surface area contributed by atoms with E-state index in [1.165, 1.54) is 4.90 Å². The van der Waals surface area contributed by atoms with E-state index in [1.54, 1.807) is 30.5 Å². The van der Waals surface area contributed by atoms with Gasteiger partial charge in [0.2, 0.25) is 0 Å². The number of carbonyl (C=O) groups is 1. The molecular weight excluding hydrogens is 250 g/mol. The molecule has 0 saturated carbocycles. The highest BCUT2D eigenvalue weighted by Gasteiger charge is 2.29. The second kappa shape index (κ2) is 4.98. The van der Waals surface area contributed by atoms with Crippen LogP contribution in [0.15, 0.2) is 54.7 Å². The SMILES string of the molecule is N#CC1C=Cc2ccccc2N1C(=O)c1ccccn1. The number of rotatable bonds is 1. The van der Waals surface area contributed by atoms with Gasteiger partial charge < -0.3 is 0 Å². The molecule has 0 N–H and O–H groups in total. The normalized spacial score (nSPS) is 16.4. The number of fused-ring (bicyclic) bond motifs is 1. The van der Waals surface area contributed by atoms with E-state index < -0.39 is 6.04 Å². The molecule has 0 fully saturated rings. The van der Waals surface area contributed by atoms with Crippen molar-refractivity contribution in [3.8, 4) is 6.07 Å². The van der Waals surface area contributed by atoms with E-state index in [0.717, 1.165) is 11.3 Å². The summed E-state index contributed by atoms with van der Waals surface area (Å²) in [7, 11) is 0. The molecule has 0 aliphatic carbocycles. The summed E-state index contributed by atoms with van der Waals surface area (Å²) < 4.78 is 0. The first-order chi connectivity index (χ1) is 9.81. The Bertz CT molecular complexity index is 716. The Balaban J connectivity index is 2.09. The molecule has 0 radical (unpaired) electrons. The Kier molecular flexibility index (Phi) is 3.02. The molecule has 2 aromatic rings. The number of aromatic nitrogens is 1. The number of benzene rings is 1. The first kappa shape index (κ1) is 12.1. The van der Waals surface area contributed by atoms with Crippen LogP contribution in [0.1, 0.15) is 16.1 Å². The molecule has 96 valence electrons. The van der Waals surface area contributed by atoms with Crippen molar-refractivity contribution in [3.05, 3.63) is 66.0 Å². The molecule has 4 nitrogen and oxygen atoms in total. The maximum Gasteiger partial charge on any atom is 0.278 e. The monoisotopic (exact) mass is 261 g/mol. The minimum atomic E-state index is -0.612. The van der Waals surface area contributed by atoms with Gasteiger partial charge in [0.1, 0.15) is 11.7 Å². The fourth-order valence-electron chi connectivity index (χ4n) is 2.23. The standard InChI is InChI=1S/C16H11N3O/c17-11-13-9-8-12-5-1-2-7-15(12)19(13)16(20)14-6-3-4-10-18-14/h1-10,13H. The van der Waals surface area contributed by atoms with E-state index in [0.29, 0.717) is 5.69 Å². The maximum atomic E-state index is 12.6. The molecular formula is C16H11N3O. The maximum absolute atomic E-state index is 12.6. The predicted molar refractivity (Wildman–Crippen MR) is 75.9 cm³/mol. The number of anilines is 1. The van der Waals surface area contributed by atoms with E-state index in [9.17, 15) is 10.1 Å². The zero-order valence-electron chi connectivity index (χ0n) is 10.6. The smallest absolute Gasteiger partial charge is 0.278 e. The lowest BCUT2D eigenvalue weighted by Gasteiger charge is -2.29. The summed E-state index contributed by atoms with van der Waals surface area (Å²) in [4.78, 5) is 18.2. The van der Waals surface area contributed by atoms with Crippen molar-refractivity contribution in [2.75, 3.05) is 4.90 Å². The second-order valence-electron chi connectivity index (χ2n) is 4.38. The summed E-state index contributed by atoms with van der Waals surface area (Å²) >= 11 is 0. The molecule has 20 heavy (non-hydrogen) atoms. The summed E-state index contributed by atoms with van der Waals surface area (Å²) in [6.07, 6.45) is 5.16. The highest BCUT2D eigenvalue weighted by molar-refractivity contribution is 6.07. The molecule has 3 rings (SSSR count). The van der Waals surface area contributed by atoms with Crippen LogP contribution >= 0.6 is 0 Å². The zero-order valence-corrected chi connectivity index (χ0v) is 10.6. The third kappa shape index (κ3) is 1.95. The number of nitrogens with zero attached hydrogens (tertiary/aromatic N) is 3. The highest BCUT2D eigenvalue weighted by atomic mass is 16.2. The molecule has 0 spiro atoms. The van der Waals surface area contributed by atoms with Gasteiger partial charge in [0.05, 0.1) is 11.8 Å². The quantitative estimate of drug-likeness (QED) is 0.793. The number of carbonyl (C=O) groups excluding carboxylic acids is 1. The van der Waals surface area contributed by atoms with Crippen molar-refractivity contribution in [3.63, 3.8) is 0 Å². The van der Waals surface area contributed by atoms with Gasteiger partial charge in [0.15, 0.2) is 0 Å². The summed E-state index contributed by atoms with van der Waals surface area (Å²) in [6, 6.07) is 14.2. The first-order valence-corrected chi connectivity index (χ1v) is 6.22. The van der Waals surface area contributed by atoms with Gasteiger partial charge in [-0.2, -0.15) is 5.26 Å². The molecule has 0 saturated heterocycles. The van der Waals surface area contributed by atoms with Crippen molar-refractivity contribution in [1.29, 1.82) is 5.26 Å². The molecule has 2 heterocycles. The fourth-order valence-corrected chi connectivity index (χ4v) is 2.23. The van der Waals surface area contributed by atoms with E-state index in [-0.39, 0.29) is 5.91 Å². The lowest BCUT2D eigenvalue weighted by molar-refractivity contribution is 0.0980. The van der Waals surface area contributed by atoms with E-state index in [1.807, 2.05) is 30.3 Å². The average molecular weight is 261 g/mol. The van der Waals surface area contributed by atoms with Crippen LogP contribution in [0.2, 0.25) is 0 Å². The third-order valence-electron chi connectivity index (χ3n) is 3.17. The highest BCUT2D eigenvalue weighted by Crippen LogP contribution is 2.29. The Morgan fingerprint density at radius 1 is 1.20 bits per heavy atom. The number of para-hydroxylation sites is 1. The molecule has 1 unspecified atom stereocenters. The molecule has 1 aromatic carbocycles. The van der Waals surface area contributed by atoms with E-state index >= 15 is 0 Å². The van der Waals surface area contributed by atoms with Crippen LogP contribution in [0, 0.1) is 11.3 Å². The topological polar surface area (TPSA) is 57.0 Å². The van der Waals surface area contributed by atoms with Crippen molar-refractivity contribution < 1.29 is 4.79 Å². The summed E-state index contributed by atoms with van der Waals surface area (Å²) in [5.74, 6) is -0.269. The van der Waals surface area contributed by atoms with Crippen molar-refractivity contribution in [2.24, 2.45) is 0 Å². The molecule has 4 heteroatoms. The fraction of sp³-hybridized carbons (Fsp3) is 0.0625. The lowest BCUT2D eigenvalue weighted by Crippen LogP contribution is -2.40. The van der Waals surface area contributed by atoms with Crippen LogP contribution in [-0.2, 0) is 0 Å². The van der Waals surface area contributed by atoms with E-state index in [2.05, 4.69) is 11.1 Å². The van der Waals surface area contributed by atoms with Crippen LogP contribution in [0.5, 0.6) is 0 Å². The van der Waals surface area contributed by atoms with Gasteiger partial charge >= 0.3 is 0 Å². The predicted octanol–water partition coefficient (Wildman–Crippen LogP) is 2.65. The minimum absolute atomic E-state index is 0.269. The molecule has 1 aliphatic heterocycles. The van der Waals surface area contributed by atoms with Crippen LogP contribution in [0.3, 0.4) is 0 Å². The lowest BCUT2D eigenvalue weighted by atomic mass is 10.0. The van der Waals surface area contributed by atoms with Gasteiger partial charge in [-0.1, -0.05) is 30.3 Å². The Morgan fingerprint density at radius 2 is 2.00 bits per heavy atom. The molecule has 1 atom stereocenters. The molecule has 1 amide bonds. The zero-order chi connectivity index (χ0) is 13.9. The summed E-state index contributed by atoms with van der Waals surface area (Å²) in [6.45, 7) is 0. The second-order valence-corrected chi connectivity index (χ2v) is 4.38. The van der Waals surface area contributed by atoms with Crippen LogP contribution < -0.4 is 4.90 Å². The van der Waals surface area contributed by atoms with Gasteiger partial charge in [0.25, 0.3) is 5.91 Å². The number of pyridine rings is 1. The Labute approximate surface area is 116 Å². The van der Waals surface area contributed by atoms with Crippen LogP contribution in [0.25, 0.3) is 6.08 Å². The van der Waals surface area contributed by atoms with Gasteiger partial charge in [-0.05, 0) is 29.8 Å². The molecule has 0 bridgehead atoms. The Morgan fingerprint density at radius 3 is 2.75 bits per heavy atom. The van der Waals surface area contributed by atoms with Crippen LogP contribution in [-0.4, -0.2) is 16.9 Å². The van der Waals surface area contributed by atoms with E-state index in [4.69, 9.17) is 0 Å². The van der Waals surface area contributed by atoms with Crippen molar-refractivity contribution in [1.82, 2.24) is 4.98 Å². The number of hydrogen-bond donors (Lipinski definition) is 0. The minimum Gasteiger partial charge on any atom is -0.286 e. The van der Waals surface area contributed by atoms with Gasteiger partial charge in [-0.25, -0.2) is 0 Å². The van der Waals surface area contributed by atoms with Crippen molar-refractivity contribution >= 4 is 17.7 Å². The van der Waals surface area contributed by atoms with Gasteiger partial charge in [-0.3, -0.25) is 14.7 Å². The number of nitriles is 1. The molecule has 1 aromatic heterocycles. The average Bonchev–Trinajstić information content (AvgIpc) is 2.54. The number of amides is 1. The Hall–Kier alpha value is -2.93. The largest absolute Gasteiger partial charge is 0.286 e. The van der Waals surface area contributed by atoms with Crippen molar-refractivity contribution in [2.45, 2.75) is 6.04 Å². The summed E-state index contributed by atoms with van der Waals surface area (Å²) in [5, 5.41) is 9.27. The summed E-state index contributed by atoms with van der Waals surface area (Å²) in [5.41, 5.74) is 1.98. The van der Waals surface area contributed by atoms with Gasteiger partial charge in [-0.15, -0.1) is 0 Å². The molecule has 1 aliphatic rings. The van der Waals surface area contributed by atoms with Gasteiger partial charge in [0, 0.05) is 6.20 Å². The first-order valence-electron chi connectivity index (χ1n) is 6.22. The number of hydrogen-bond acceptors (Lipinski definition) is 3. The van der Waals surface area contributed by atoms with Crippen LogP contribution in [0.4, 0.5) is 5.69 Å². The third-order valence-corrected chi connectivity index (χ3v) is 3.17.